The molecule has 42 heavy (non-hydrogen) atoms. The highest BCUT2D eigenvalue weighted by molar-refractivity contribution is 6.33. The average molecular weight is 582 g/mol. The van der Waals surface area contributed by atoms with Crippen molar-refractivity contribution in [2.75, 3.05) is 31.6 Å². The summed E-state index contributed by atoms with van der Waals surface area (Å²) in [6.45, 7) is 4.03. The van der Waals surface area contributed by atoms with Crippen molar-refractivity contribution in [2.45, 2.75) is 12.6 Å². The molecule has 7 nitrogen and oxygen atoms in total. The van der Waals surface area contributed by atoms with Crippen LogP contribution in [0.4, 0.5) is 10.3 Å². The summed E-state index contributed by atoms with van der Waals surface area (Å²) in [6, 6.07) is 25.5. The normalized spacial score (nSPS) is 20.5. The number of hydrogen-bond donors (Lipinski definition) is 1. The number of hydrogen-bond acceptors (Lipinski definition) is 6. The van der Waals surface area contributed by atoms with Crippen LogP contribution in [0.25, 0.3) is 27.8 Å². The zero-order chi connectivity index (χ0) is 28.6. The summed E-state index contributed by atoms with van der Waals surface area (Å²) >= 11 is 6.48. The van der Waals surface area contributed by atoms with Crippen LogP contribution in [-0.2, 0) is 11.3 Å². The maximum atomic E-state index is 14.0. The number of rotatable bonds is 6. The van der Waals surface area contributed by atoms with Gasteiger partial charge >= 0.3 is 0 Å². The lowest BCUT2D eigenvalue weighted by Crippen LogP contribution is -2.57. The molecule has 1 N–H and O–H groups in total. The van der Waals surface area contributed by atoms with Crippen molar-refractivity contribution < 1.29 is 9.13 Å². The number of halogens is 2. The van der Waals surface area contributed by atoms with Gasteiger partial charge < -0.3 is 10.1 Å². The van der Waals surface area contributed by atoms with Gasteiger partial charge in [-0.15, -0.1) is 0 Å². The van der Waals surface area contributed by atoms with Crippen molar-refractivity contribution in [3.05, 3.63) is 118 Å². The van der Waals surface area contributed by atoms with E-state index in [9.17, 15) is 9.18 Å². The summed E-state index contributed by atoms with van der Waals surface area (Å²) in [6.07, 6.45) is 1.72. The van der Waals surface area contributed by atoms with Gasteiger partial charge in [0.25, 0.3) is 5.56 Å². The smallest absolute Gasteiger partial charge is 0.264 e. The van der Waals surface area contributed by atoms with Gasteiger partial charge in [0.2, 0.25) is 5.95 Å². The van der Waals surface area contributed by atoms with Crippen LogP contribution in [0, 0.1) is 17.7 Å². The number of piperidine rings is 1. The van der Waals surface area contributed by atoms with Crippen LogP contribution in [0.1, 0.15) is 5.56 Å². The van der Waals surface area contributed by atoms with Gasteiger partial charge in [-0.05, 0) is 42.0 Å². The van der Waals surface area contributed by atoms with Gasteiger partial charge in [-0.2, -0.15) is 4.98 Å². The SMILES string of the molecule is O=c1c(-c2ccccc2Cl)cc2cnc(NC3C4COCC3CN(Cc3ccccc3)C4)nc2n1-c1ccc(F)cc1. The molecule has 2 atom stereocenters. The molecule has 2 fully saturated rings. The van der Waals surface area contributed by atoms with E-state index in [1.807, 2.05) is 24.3 Å². The van der Waals surface area contributed by atoms with Gasteiger partial charge in [0, 0.05) is 65.2 Å². The fourth-order valence-electron chi connectivity index (χ4n) is 6.26. The maximum Gasteiger partial charge on any atom is 0.264 e. The van der Waals surface area contributed by atoms with Gasteiger partial charge in [-0.25, -0.2) is 9.37 Å². The second-order valence-electron chi connectivity index (χ2n) is 11.0. The minimum Gasteiger partial charge on any atom is -0.381 e. The molecule has 2 saturated heterocycles. The lowest BCUT2D eigenvalue weighted by atomic mass is 9.82. The van der Waals surface area contributed by atoms with Gasteiger partial charge in [-0.1, -0.05) is 60.1 Å². The molecule has 0 aliphatic carbocycles. The van der Waals surface area contributed by atoms with E-state index in [-0.39, 0.29) is 29.3 Å². The lowest BCUT2D eigenvalue weighted by Gasteiger charge is -2.47. The van der Waals surface area contributed by atoms with E-state index in [0.717, 1.165) is 19.6 Å². The Labute approximate surface area is 247 Å². The molecule has 9 heteroatoms. The van der Waals surface area contributed by atoms with E-state index in [2.05, 4.69) is 39.5 Å². The van der Waals surface area contributed by atoms with Crippen molar-refractivity contribution in [1.82, 2.24) is 19.4 Å². The molecule has 2 aromatic heterocycles. The molecule has 2 unspecified atom stereocenters. The summed E-state index contributed by atoms with van der Waals surface area (Å²) in [5.41, 5.74) is 2.97. The van der Waals surface area contributed by atoms with Crippen LogP contribution in [0.5, 0.6) is 0 Å². The van der Waals surface area contributed by atoms with Crippen LogP contribution in [0.2, 0.25) is 5.02 Å². The first kappa shape index (κ1) is 26.8. The summed E-state index contributed by atoms with van der Waals surface area (Å²) < 4.78 is 21.3. The van der Waals surface area contributed by atoms with Crippen molar-refractivity contribution in [1.29, 1.82) is 0 Å². The molecule has 212 valence electrons. The van der Waals surface area contributed by atoms with Crippen LogP contribution >= 0.6 is 11.6 Å². The van der Waals surface area contributed by atoms with Crippen LogP contribution < -0.4 is 10.9 Å². The zero-order valence-electron chi connectivity index (χ0n) is 22.8. The Kier molecular flexibility index (Phi) is 7.19. The molecule has 0 spiro atoms. The van der Waals surface area contributed by atoms with E-state index in [0.29, 0.717) is 52.0 Å². The number of nitrogens with zero attached hydrogens (tertiary/aromatic N) is 4. The summed E-state index contributed by atoms with van der Waals surface area (Å²) in [7, 11) is 0. The standard InChI is InChI=1S/C33H29ClFN5O2/c34-29-9-5-4-8-27(29)28-14-22-15-36-33(38-31(22)40(32(28)41)26-12-10-25(35)11-13-26)37-30-23-17-39(18-24(30)20-42-19-23)16-21-6-2-1-3-7-21/h1-15,23-24,30H,16-20H2,(H,36,37,38). The van der Waals surface area contributed by atoms with Gasteiger partial charge in [0.1, 0.15) is 5.82 Å². The number of likely N-dealkylation sites (tertiary alicyclic amines) is 1. The molecular weight excluding hydrogens is 553 g/mol. The fraction of sp³-hybridized carbons (Fsp3) is 0.242. The van der Waals surface area contributed by atoms with Crippen molar-refractivity contribution in [3.8, 4) is 16.8 Å². The third-order valence-corrected chi connectivity index (χ3v) is 8.53. The second-order valence-corrected chi connectivity index (χ2v) is 11.4. The van der Waals surface area contributed by atoms with Gasteiger partial charge in [0.15, 0.2) is 5.65 Å². The quantitative estimate of drug-likeness (QED) is 0.273. The molecule has 0 amide bonds. The van der Waals surface area contributed by atoms with Gasteiger partial charge in [0.05, 0.1) is 18.9 Å². The van der Waals surface area contributed by atoms with Crippen LogP contribution in [0.3, 0.4) is 0 Å². The number of fused-ring (bicyclic) bond motifs is 3. The summed E-state index contributed by atoms with van der Waals surface area (Å²) in [4.78, 5) is 26.0. The van der Waals surface area contributed by atoms with E-state index in [4.69, 9.17) is 21.3 Å². The topological polar surface area (TPSA) is 72.3 Å². The number of nitrogens with one attached hydrogen (secondary N) is 1. The van der Waals surface area contributed by atoms with Crippen molar-refractivity contribution in [2.24, 2.45) is 11.8 Å². The highest BCUT2D eigenvalue weighted by atomic mass is 35.5. The maximum absolute atomic E-state index is 14.0. The van der Waals surface area contributed by atoms with E-state index >= 15 is 0 Å². The molecule has 2 aliphatic rings. The predicted molar refractivity (Wildman–Crippen MR) is 162 cm³/mol. The first-order chi connectivity index (χ1) is 20.5. The molecule has 7 rings (SSSR count). The molecular formula is C33H29ClFN5O2. The third-order valence-electron chi connectivity index (χ3n) is 8.20. The minimum absolute atomic E-state index is 0.136. The van der Waals surface area contributed by atoms with E-state index in [1.165, 1.54) is 22.3 Å². The Balaban J connectivity index is 1.24. The highest BCUT2D eigenvalue weighted by Gasteiger charge is 2.40. The van der Waals surface area contributed by atoms with Crippen LogP contribution in [0.15, 0.2) is 95.9 Å². The number of aromatic nitrogens is 3. The summed E-state index contributed by atoms with van der Waals surface area (Å²) in [5, 5.41) is 4.73. The number of benzene rings is 3. The average Bonchev–Trinajstić information content (AvgIpc) is 2.99. The fourth-order valence-corrected chi connectivity index (χ4v) is 6.50. The molecule has 2 aliphatic heterocycles. The molecule has 0 saturated carbocycles. The molecule has 3 aromatic carbocycles. The molecule has 4 heterocycles. The molecule has 2 bridgehead atoms. The van der Waals surface area contributed by atoms with Crippen LogP contribution in [-0.4, -0.2) is 51.8 Å². The molecule has 5 aromatic rings. The first-order valence-electron chi connectivity index (χ1n) is 14.1. The number of ether oxygens (including phenoxy) is 1. The van der Waals surface area contributed by atoms with Gasteiger partial charge in [-0.3, -0.25) is 14.3 Å². The Bertz CT molecular complexity index is 1780. The Morgan fingerprint density at radius 1 is 0.929 bits per heavy atom. The second kappa shape index (κ2) is 11.3. The Hall–Kier alpha value is -4.11. The third kappa shape index (κ3) is 5.17. The zero-order valence-corrected chi connectivity index (χ0v) is 23.5. The Morgan fingerprint density at radius 3 is 2.38 bits per heavy atom. The largest absolute Gasteiger partial charge is 0.381 e. The Morgan fingerprint density at radius 2 is 1.64 bits per heavy atom. The lowest BCUT2D eigenvalue weighted by molar-refractivity contribution is -0.0514. The minimum atomic E-state index is -0.386. The van der Waals surface area contributed by atoms with Crippen molar-refractivity contribution >= 4 is 28.6 Å². The number of pyridine rings is 1. The monoisotopic (exact) mass is 581 g/mol. The highest BCUT2D eigenvalue weighted by Crippen LogP contribution is 2.32. The predicted octanol–water partition coefficient (Wildman–Crippen LogP) is 5.80. The summed E-state index contributed by atoms with van der Waals surface area (Å²) in [5.74, 6) is 0.592. The van der Waals surface area contributed by atoms with E-state index in [1.54, 1.807) is 30.5 Å². The van der Waals surface area contributed by atoms with E-state index < -0.39 is 0 Å². The first-order valence-corrected chi connectivity index (χ1v) is 14.5. The number of anilines is 1. The molecule has 0 radical (unpaired) electrons. The van der Waals surface area contributed by atoms with Crippen molar-refractivity contribution in [3.63, 3.8) is 0 Å².